The normalized spacial score (nSPS) is 15.7. The number of carbonyl (C=O) groups is 1. The van der Waals surface area contributed by atoms with Crippen LogP contribution < -0.4 is 5.32 Å². The molecule has 0 atom stereocenters. The van der Waals surface area contributed by atoms with Crippen molar-refractivity contribution in [2.45, 2.75) is 25.3 Å². The first-order chi connectivity index (χ1) is 10.7. The zero-order valence-corrected chi connectivity index (χ0v) is 12.0. The van der Waals surface area contributed by atoms with Gasteiger partial charge >= 0.3 is 0 Å². The van der Waals surface area contributed by atoms with Crippen molar-refractivity contribution in [3.63, 3.8) is 0 Å². The minimum absolute atomic E-state index is 0.168. The number of nitrogens with zero attached hydrogens (tertiary/aromatic N) is 4. The van der Waals surface area contributed by atoms with Crippen molar-refractivity contribution in [1.82, 2.24) is 30.9 Å². The van der Waals surface area contributed by atoms with Gasteiger partial charge in [-0.2, -0.15) is 5.21 Å². The monoisotopic (exact) mass is 294 g/mol. The highest BCUT2D eigenvalue weighted by Gasteiger charge is 2.49. The third-order valence-electron chi connectivity index (χ3n) is 3.98. The van der Waals surface area contributed by atoms with Crippen LogP contribution >= 0.6 is 0 Å². The maximum atomic E-state index is 12.5. The number of fused-ring (bicyclic) bond motifs is 1. The molecule has 3 aromatic rings. The van der Waals surface area contributed by atoms with Crippen molar-refractivity contribution in [3.05, 3.63) is 47.4 Å². The van der Waals surface area contributed by atoms with Crippen molar-refractivity contribution in [1.29, 1.82) is 0 Å². The number of pyridine rings is 1. The fourth-order valence-corrected chi connectivity index (χ4v) is 2.56. The summed E-state index contributed by atoms with van der Waals surface area (Å²) in [4.78, 5) is 16.8. The molecule has 0 radical (unpaired) electrons. The second-order valence-electron chi connectivity index (χ2n) is 5.69. The summed E-state index contributed by atoms with van der Waals surface area (Å²) >= 11 is 0. The smallest absolute Gasteiger partial charge is 0.253 e. The van der Waals surface area contributed by atoms with Gasteiger partial charge in [0.05, 0.1) is 11.1 Å². The molecule has 22 heavy (non-hydrogen) atoms. The van der Waals surface area contributed by atoms with E-state index < -0.39 is 5.54 Å². The predicted molar refractivity (Wildman–Crippen MR) is 79.0 cm³/mol. The minimum Gasteiger partial charge on any atom is -0.339 e. The minimum atomic E-state index is -0.481. The SMILES string of the molecule is Cc1ccc2ncc(C(=O)NC3(c4nn[nH]n4)CC3)cc2c1. The molecule has 0 bridgehead atoms. The Kier molecular flexibility index (Phi) is 2.69. The van der Waals surface area contributed by atoms with E-state index in [4.69, 9.17) is 0 Å². The summed E-state index contributed by atoms with van der Waals surface area (Å²) < 4.78 is 0. The topological polar surface area (TPSA) is 96.5 Å². The van der Waals surface area contributed by atoms with E-state index in [1.165, 1.54) is 0 Å². The summed E-state index contributed by atoms with van der Waals surface area (Å²) in [6.07, 6.45) is 3.23. The van der Waals surface area contributed by atoms with E-state index in [1.807, 2.05) is 31.2 Å². The molecule has 7 nitrogen and oxygen atoms in total. The van der Waals surface area contributed by atoms with E-state index in [1.54, 1.807) is 6.20 Å². The van der Waals surface area contributed by atoms with Crippen LogP contribution in [0.1, 0.15) is 34.6 Å². The Balaban J connectivity index is 1.63. The Hall–Kier alpha value is -2.83. The first-order valence-electron chi connectivity index (χ1n) is 7.09. The summed E-state index contributed by atoms with van der Waals surface area (Å²) in [6.45, 7) is 2.02. The van der Waals surface area contributed by atoms with Gasteiger partial charge in [0.15, 0.2) is 5.82 Å². The second kappa shape index (κ2) is 4.59. The first-order valence-corrected chi connectivity index (χ1v) is 7.09. The lowest BCUT2D eigenvalue weighted by Gasteiger charge is -2.13. The van der Waals surface area contributed by atoms with Gasteiger partial charge in [-0.15, -0.1) is 10.2 Å². The van der Waals surface area contributed by atoms with Gasteiger partial charge in [-0.25, -0.2) is 0 Å². The van der Waals surface area contributed by atoms with Crippen LogP contribution in [-0.4, -0.2) is 31.5 Å². The number of H-pyrrole nitrogens is 1. The van der Waals surface area contributed by atoms with Crippen LogP contribution in [0.3, 0.4) is 0 Å². The summed E-state index contributed by atoms with van der Waals surface area (Å²) in [6, 6.07) is 7.83. The molecular formula is C15H14N6O. The molecule has 0 spiro atoms. The molecule has 0 saturated heterocycles. The van der Waals surface area contributed by atoms with E-state index in [0.717, 1.165) is 29.3 Å². The van der Waals surface area contributed by atoms with Gasteiger partial charge in [0, 0.05) is 11.6 Å². The highest BCUT2D eigenvalue weighted by molar-refractivity contribution is 5.97. The molecule has 1 aliphatic rings. The van der Waals surface area contributed by atoms with Crippen LogP contribution in [0.5, 0.6) is 0 Å². The van der Waals surface area contributed by atoms with Crippen molar-refractivity contribution in [3.8, 4) is 0 Å². The molecule has 1 aliphatic carbocycles. The lowest BCUT2D eigenvalue weighted by atomic mass is 10.1. The van der Waals surface area contributed by atoms with Gasteiger partial charge in [0.25, 0.3) is 5.91 Å². The standard InChI is InChI=1S/C15H14N6O/c1-9-2-3-12-10(6-9)7-11(8-16-12)13(22)17-15(4-5-15)14-18-20-21-19-14/h2-3,6-8H,4-5H2,1H3,(H,17,22)(H,18,19,20,21). The number of nitrogens with one attached hydrogen (secondary N) is 2. The molecule has 1 amide bonds. The molecule has 1 saturated carbocycles. The van der Waals surface area contributed by atoms with Gasteiger partial charge < -0.3 is 5.32 Å². The number of hydrogen-bond acceptors (Lipinski definition) is 5. The molecular weight excluding hydrogens is 280 g/mol. The van der Waals surface area contributed by atoms with Crippen molar-refractivity contribution < 1.29 is 4.79 Å². The summed E-state index contributed by atoms with van der Waals surface area (Å²) in [5, 5.41) is 17.9. The number of rotatable bonds is 3. The van der Waals surface area contributed by atoms with E-state index in [9.17, 15) is 4.79 Å². The number of amides is 1. The van der Waals surface area contributed by atoms with Crippen molar-refractivity contribution in [2.75, 3.05) is 0 Å². The van der Waals surface area contributed by atoms with Gasteiger partial charge in [-0.05, 0) is 38.0 Å². The number of aryl methyl sites for hydroxylation is 1. The lowest BCUT2D eigenvalue weighted by molar-refractivity contribution is 0.0928. The van der Waals surface area contributed by atoms with Crippen LogP contribution in [0, 0.1) is 6.92 Å². The van der Waals surface area contributed by atoms with E-state index in [2.05, 4.69) is 30.9 Å². The predicted octanol–water partition coefficient (Wildman–Crippen LogP) is 1.48. The molecule has 1 aromatic carbocycles. The van der Waals surface area contributed by atoms with E-state index in [0.29, 0.717) is 11.4 Å². The van der Waals surface area contributed by atoms with Crippen LogP contribution in [0.25, 0.3) is 10.9 Å². The zero-order valence-electron chi connectivity index (χ0n) is 12.0. The van der Waals surface area contributed by atoms with Crippen LogP contribution in [0.15, 0.2) is 30.5 Å². The molecule has 4 rings (SSSR count). The maximum Gasteiger partial charge on any atom is 0.253 e. The van der Waals surface area contributed by atoms with Crippen molar-refractivity contribution in [2.24, 2.45) is 0 Å². The number of carbonyl (C=O) groups excluding carboxylic acids is 1. The van der Waals surface area contributed by atoms with Gasteiger partial charge in [0.1, 0.15) is 5.54 Å². The average molecular weight is 294 g/mol. The molecule has 1 fully saturated rings. The Morgan fingerprint density at radius 2 is 2.18 bits per heavy atom. The van der Waals surface area contributed by atoms with E-state index >= 15 is 0 Å². The summed E-state index contributed by atoms with van der Waals surface area (Å²) in [5.74, 6) is 0.364. The Labute approximate surface area is 126 Å². The van der Waals surface area contributed by atoms with Gasteiger partial charge in [-0.1, -0.05) is 16.8 Å². The zero-order chi connectivity index (χ0) is 15.2. The maximum absolute atomic E-state index is 12.5. The third kappa shape index (κ3) is 2.11. The third-order valence-corrected chi connectivity index (χ3v) is 3.98. The average Bonchev–Trinajstić information content (AvgIpc) is 3.08. The lowest BCUT2D eigenvalue weighted by Crippen LogP contribution is -2.35. The highest BCUT2D eigenvalue weighted by Crippen LogP contribution is 2.43. The number of hydrogen-bond donors (Lipinski definition) is 2. The second-order valence-corrected chi connectivity index (χ2v) is 5.69. The fourth-order valence-electron chi connectivity index (χ4n) is 2.56. The summed E-state index contributed by atoms with van der Waals surface area (Å²) in [5.41, 5.74) is 2.07. The largest absolute Gasteiger partial charge is 0.339 e. The van der Waals surface area contributed by atoms with Gasteiger partial charge in [-0.3, -0.25) is 9.78 Å². The quantitative estimate of drug-likeness (QED) is 0.762. The van der Waals surface area contributed by atoms with Crippen LogP contribution in [0.2, 0.25) is 0 Å². The first kappa shape index (κ1) is 12.9. The highest BCUT2D eigenvalue weighted by atomic mass is 16.1. The Morgan fingerprint density at radius 1 is 1.32 bits per heavy atom. The van der Waals surface area contributed by atoms with Gasteiger partial charge in [0.2, 0.25) is 0 Å². The molecule has 2 heterocycles. The van der Waals surface area contributed by atoms with Crippen LogP contribution in [-0.2, 0) is 5.54 Å². The Morgan fingerprint density at radius 3 is 2.91 bits per heavy atom. The molecule has 0 unspecified atom stereocenters. The number of benzene rings is 1. The number of aromatic amines is 1. The molecule has 7 heteroatoms. The van der Waals surface area contributed by atoms with Crippen molar-refractivity contribution >= 4 is 16.8 Å². The van der Waals surface area contributed by atoms with Crippen LogP contribution in [0.4, 0.5) is 0 Å². The molecule has 2 aromatic heterocycles. The Bertz CT molecular complexity index is 854. The number of tetrazole rings is 1. The van der Waals surface area contributed by atoms with E-state index in [-0.39, 0.29) is 5.91 Å². The number of aromatic nitrogens is 5. The summed E-state index contributed by atoms with van der Waals surface area (Å²) in [7, 11) is 0. The molecule has 110 valence electrons. The molecule has 0 aliphatic heterocycles. The molecule has 2 N–H and O–H groups in total. The fraction of sp³-hybridized carbons (Fsp3) is 0.267.